The number of halogens is 2. The number of aromatic nitrogens is 2. The standard InChI is InChI=1S/C19H16F2N4O/c20-14-5-7-15(8-6-14)24-19-23-12-10-17(25-19)18(26)22-11-9-13-3-1-2-4-16(13)21/h1-8,10,12H,9,11H2,(H,22,26)(H,23,24,25). The summed E-state index contributed by atoms with van der Waals surface area (Å²) in [5.41, 5.74) is 1.32. The van der Waals surface area contributed by atoms with E-state index in [0.29, 0.717) is 17.7 Å². The van der Waals surface area contributed by atoms with Gasteiger partial charge in [0.05, 0.1) is 0 Å². The second kappa shape index (κ2) is 8.15. The van der Waals surface area contributed by atoms with Gasteiger partial charge >= 0.3 is 0 Å². The second-order valence-corrected chi connectivity index (χ2v) is 5.49. The van der Waals surface area contributed by atoms with Crippen molar-refractivity contribution in [2.75, 3.05) is 11.9 Å². The van der Waals surface area contributed by atoms with Crippen LogP contribution in [0.25, 0.3) is 0 Å². The molecule has 26 heavy (non-hydrogen) atoms. The molecule has 7 heteroatoms. The Morgan fingerprint density at radius 2 is 1.77 bits per heavy atom. The van der Waals surface area contributed by atoms with Crippen molar-refractivity contribution >= 4 is 17.5 Å². The summed E-state index contributed by atoms with van der Waals surface area (Å²) < 4.78 is 26.5. The summed E-state index contributed by atoms with van der Waals surface area (Å²) in [6.45, 7) is 0.282. The van der Waals surface area contributed by atoms with Gasteiger partial charge in [-0.25, -0.2) is 18.7 Å². The number of hydrogen-bond acceptors (Lipinski definition) is 4. The monoisotopic (exact) mass is 354 g/mol. The molecule has 3 rings (SSSR count). The normalized spacial score (nSPS) is 10.4. The maximum absolute atomic E-state index is 13.6. The van der Waals surface area contributed by atoms with Gasteiger partial charge in [-0.2, -0.15) is 0 Å². The van der Waals surface area contributed by atoms with E-state index in [1.54, 1.807) is 30.3 Å². The van der Waals surface area contributed by atoms with Crippen LogP contribution < -0.4 is 10.6 Å². The van der Waals surface area contributed by atoms with Gasteiger partial charge in [0.15, 0.2) is 0 Å². The Morgan fingerprint density at radius 3 is 2.54 bits per heavy atom. The van der Waals surface area contributed by atoms with Crippen molar-refractivity contribution in [3.05, 3.63) is 83.7 Å². The van der Waals surface area contributed by atoms with Crippen LogP contribution in [-0.4, -0.2) is 22.4 Å². The number of amides is 1. The van der Waals surface area contributed by atoms with Gasteiger partial charge in [-0.05, 0) is 48.4 Å². The predicted molar refractivity (Wildman–Crippen MR) is 94.2 cm³/mol. The van der Waals surface area contributed by atoms with E-state index in [1.165, 1.54) is 30.5 Å². The van der Waals surface area contributed by atoms with Crippen LogP contribution in [0, 0.1) is 11.6 Å². The molecule has 1 heterocycles. The smallest absolute Gasteiger partial charge is 0.270 e. The molecule has 0 saturated heterocycles. The van der Waals surface area contributed by atoms with Gasteiger partial charge in [0.2, 0.25) is 5.95 Å². The molecule has 5 nitrogen and oxygen atoms in total. The van der Waals surface area contributed by atoms with E-state index in [2.05, 4.69) is 20.6 Å². The fraction of sp³-hybridized carbons (Fsp3) is 0.105. The zero-order valence-electron chi connectivity index (χ0n) is 13.7. The minimum Gasteiger partial charge on any atom is -0.350 e. The molecule has 0 fully saturated rings. The number of carbonyl (C=O) groups excluding carboxylic acids is 1. The van der Waals surface area contributed by atoms with E-state index >= 15 is 0 Å². The van der Waals surface area contributed by atoms with E-state index < -0.39 is 0 Å². The van der Waals surface area contributed by atoms with Crippen molar-refractivity contribution in [3.63, 3.8) is 0 Å². The van der Waals surface area contributed by atoms with Crippen LogP contribution in [0.5, 0.6) is 0 Å². The third-order valence-electron chi connectivity index (χ3n) is 3.63. The van der Waals surface area contributed by atoms with Gasteiger partial charge in [0.1, 0.15) is 17.3 Å². The minimum absolute atomic E-state index is 0.179. The first-order valence-electron chi connectivity index (χ1n) is 7.99. The Hall–Kier alpha value is -3.35. The summed E-state index contributed by atoms with van der Waals surface area (Å²) in [5.74, 6) is -0.807. The fourth-order valence-corrected chi connectivity index (χ4v) is 2.31. The molecular weight excluding hydrogens is 338 g/mol. The lowest BCUT2D eigenvalue weighted by atomic mass is 10.1. The Morgan fingerprint density at radius 1 is 1.00 bits per heavy atom. The highest BCUT2D eigenvalue weighted by Gasteiger charge is 2.09. The average molecular weight is 354 g/mol. The first-order valence-corrected chi connectivity index (χ1v) is 7.99. The summed E-state index contributed by atoms with van der Waals surface area (Å²) in [5, 5.41) is 5.60. The topological polar surface area (TPSA) is 66.9 Å². The van der Waals surface area contributed by atoms with E-state index in [0.717, 1.165) is 0 Å². The molecule has 0 bridgehead atoms. The van der Waals surface area contributed by atoms with Crippen molar-refractivity contribution in [2.24, 2.45) is 0 Å². The van der Waals surface area contributed by atoms with Gasteiger partial charge in [0.25, 0.3) is 5.91 Å². The van der Waals surface area contributed by atoms with Gasteiger partial charge in [-0.1, -0.05) is 18.2 Å². The first-order chi connectivity index (χ1) is 12.6. The van der Waals surface area contributed by atoms with Gasteiger partial charge in [0, 0.05) is 18.4 Å². The molecule has 0 atom stereocenters. The van der Waals surface area contributed by atoms with Crippen LogP contribution in [0.2, 0.25) is 0 Å². The van der Waals surface area contributed by atoms with Crippen LogP contribution >= 0.6 is 0 Å². The summed E-state index contributed by atoms with van der Waals surface area (Å²) in [4.78, 5) is 20.4. The number of nitrogens with zero attached hydrogens (tertiary/aromatic N) is 2. The zero-order valence-corrected chi connectivity index (χ0v) is 13.7. The van der Waals surface area contributed by atoms with Crippen molar-refractivity contribution in [1.29, 1.82) is 0 Å². The Labute approximate surface area is 149 Å². The molecule has 0 aliphatic carbocycles. The molecule has 2 aromatic carbocycles. The molecule has 1 aromatic heterocycles. The number of benzene rings is 2. The highest BCUT2D eigenvalue weighted by molar-refractivity contribution is 5.92. The van der Waals surface area contributed by atoms with E-state index in [4.69, 9.17) is 0 Å². The number of rotatable bonds is 6. The predicted octanol–water partition coefficient (Wildman–Crippen LogP) is 3.47. The number of anilines is 2. The Bertz CT molecular complexity index is 900. The number of carbonyl (C=O) groups is 1. The molecule has 0 radical (unpaired) electrons. The largest absolute Gasteiger partial charge is 0.350 e. The lowest BCUT2D eigenvalue weighted by molar-refractivity contribution is 0.0949. The molecule has 0 spiro atoms. The molecule has 0 saturated carbocycles. The SMILES string of the molecule is O=C(NCCc1ccccc1F)c1ccnc(Nc2ccc(F)cc2)n1. The van der Waals surface area contributed by atoms with Crippen molar-refractivity contribution in [3.8, 4) is 0 Å². The number of nitrogens with one attached hydrogen (secondary N) is 2. The van der Waals surface area contributed by atoms with Gasteiger partial charge in [-0.3, -0.25) is 4.79 Å². The summed E-state index contributed by atoms with van der Waals surface area (Å²) in [6, 6.07) is 13.6. The van der Waals surface area contributed by atoms with Crippen LogP contribution in [0.4, 0.5) is 20.4 Å². The third-order valence-corrected chi connectivity index (χ3v) is 3.63. The second-order valence-electron chi connectivity index (χ2n) is 5.49. The minimum atomic E-state index is -0.383. The highest BCUT2D eigenvalue weighted by atomic mass is 19.1. The maximum atomic E-state index is 13.6. The maximum Gasteiger partial charge on any atom is 0.270 e. The van der Waals surface area contributed by atoms with Gasteiger partial charge in [-0.15, -0.1) is 0 Å². The van der Waals surface area contributed by atoms with Gasteiger partial charge < -0.3 is 10.6 Å². The molecule has 0 aliphatic rings. The van der Waals surface area contributed by atoms with Crippen LogP contribution in [0.3, 0.4) is 0 Å². The zero-order chi connectivity index (χ0) is 18.4. The first kappa shape index (κ1) is 17.5. The van der Waals surface area contributed by atoms with Crippen molar-refractivity contribution in [1.82, 2.24) is 15.3 Å². The van der Waals surface area contributed by atoms with Crippen molar-refractivity contribution < 1.29 is 13.6 Å². The Kier molecular flexibility index (Phi) is 5.48. The lowest BCUT2D eigenvalue weighted by Crippen LogP contribution is -2.27. The average Bonchev–Trinajstić information content (AvgIpc) is 2.65. The summed E-state index contributed by atoms with van der Waals surface area (Å²) in [7, 11) is 0. The molecule has 1 amide bonds. The molecule has 2 N–H and O–H groups in total. The molecular formula is C19H16F2N4O. The summed E-state index contributed by atoms with van der Waals surface area (Å²) in [6.07, 6.45) is 1.83. The molecule has 132 valence electrons. The van der Waals surface area contributed by atoms with Crippen LogP contribution in [-0.2, 0) is 6.42 Å². The number of hydrogen-bond donors (Lipinski definition) is 2. The third kappa shape index (κ3) is 4.60. The molecule has 0 aliphatic heterocycles. The van der Waals surface area contributed by atoms with E-state index in [-0.39, 0.29) is 35.7 Å². The van der Waals surface area contributed by atoms with Crippen molar-refractivity contribution in [2.45, 2.75) is 6.42 Å². The highest BCUT2D eigenvalue weighted by Crippen LogP contribution is 2.13. The summed E-state index contributed by atoms with van der Waals surface area (Å²) >= 11 is 0. The van der Waals surface area contributed by atoms with E-state index in [9.17, 15) is 13.6 Å². The van der Waals surface area contributed by atoms with Crippen LogP contribution in [0.15, 0.2) is 60.8 Å². The fourth-order valence-electron chi connectivity index (χ4n) is 2.31. The van der Waals surface area contributed by atoms with E-state index in [1.807, 2.05) is 0 Å². The lowest BCUT2D eigenvalue weighted by Gasteiger charge is -2.08. The van der Waals surface area contributed by atoms with Crippen LogP contribution in [0.1, 0.15) is 16.1 Å². The molecule has 0 unspecified atom stereocenters. The quantitative estimate of drug-likeness (QED) is 0.711. The molecule has 3 aromatic rings. The Balaban J connectivity index is 1.59.